The van der Waals surface area contributed by atoms with E-state index < -0.39 is 0 Å². The molecule has 0 aliphatic heterocycles. The number of hydrogen-bond donors (Lipinski definition) is 2. The molecule has 1 heterocycles. The molecule has 0 saturated heterocycles. The van der Waals surface area contributed by atoms with Crippen molar-refractivity contribution in [1.29, 1.82) is 0 Å². The highest BCUT2D eigenvalue weighted by Gasteiger charge is 2.12. The standard InChI is InChI=1S/C13H16ClN5/c1-2-19(9-10-6-4-3-5-7-10)12-11(14)8-16-13(17-12)18-15/h3-8H,2,9,15H2,1H3,(H,16,17,18). The van der Waals surface area contributed by atoms with Crippen LogP contribution in [0.4, 0.5) is 11.8 Å². The molecule has 2 rings (SSSR count). The third-order valence-electron chi connectivity index (χ3n) is 2.75. The molecule has 2 aromatic rings. The highest BCUT2D eigenvalue weighted by molar-refractivity contribution is 6.32. The van der Waals surface area contributed by atoms with Gasteiger partial charge >= 0.3 is 0 Å². The van der Waals surface area contributed by atoms with Crippen molar-refractivity contribution in [1.82, 2.24) is 9.97 Å². The fourth-order valence-corrected chi connectivity index (χ4v) is 2.00. The minimum Gasteiger partial charge on any atom is -0.351 e. The van der Waals surface area contributed by atoms with Crippen molar-refractivity contribution in [2.24, 2.45) is 5.84 Å². The molecule has 0 aliphatic rings. The molecule has 0 spiro atoms. The van der Waals surface area contributed by atoms with E-state index in [9.17, 15) is 0 Å². The van der Waals surface area contributed by atoms with E-state index in [2.05, 4.69) is 39.4 Å². The molecule has 0 fully saturated rings. The average molecular weight is 278 g/mol. The van der Waals surface area contributed by atoms with Gasteiger partial charge in [0.2, 0.25) is 5.95 Å². The quantitative estimate of drug-likeness (QED) is 0.649. The van der Waals surface area contributed by atoms with E-state index in [1.807, 2.05) is 18.2 Å². The summed E-state index contributed by atoms with van der Waals surface area (Å²) in [4.78, 5) is 10.3. The molecule has 6 heteroatoms. The summed E-state index contributed by atoms with van der Waals surface area (Å²) in [7, 11) is 0. The fraction of sp³-hybridized carbons (Fsp3) is 0.231. The number of benzene rings is 1. The van der Waals surface area contributed by atoms with Crippen LogP contribution in [-0.2, 0) is 6.54 Å². The lowest BCUT2D eigenvalue weighted by molar-refractivity contribution is 0.810. The summed E-state index contributed by atoms with van der Waals surface area (Å²) < 4.78 is 0. The Bertz CT molecular complexity index is 532. The van der Waals surface area contributed by atoms with Crippen LogP contribution in [0.1, 0.15) is 12.5 Å². The Hall–Kier alpha value is -1.85. The normalized spacial score (nSPS) is 10.3. The first-order chi connectivity index (χ1) is 9.24. The minimum atomic E-state index is 0.353. The lowest BCUT2D eigenvalue weighted by Gasteiger charge is -2.23. The van der Waals surface area contributed by atoms with Crippen molar-refractivity contribution in [2.75, 3.05) is 16.9 Å². The van der Waals surface area contributed by atoms with Crippen LogP contribution in [0.3, 0.4) is 0 Å². The maximum absolute atomic E-state index is 6.16. The topological polar surface area (TPSA) is 67.1 Å². The Morgan fingerprint density at radius 2 is 2.05 bits per heavy atom. The van der Waals surface area contributed by atoms with Gasteiger partial charge in [0.25, 0.3) is 0 Å². The van der Waals surface area contributed by atoms with Gasteiger partial charge in [0, 0.05) is 13.1 Å². The molecule has 0 atom stereocenters. The van der Waals surface area contributed by atoms with Crippen molar-refractivity contribution < 1.29 is 0 Å². The van der Waals surface area contributed by atoms with Crippen LogP contribution in [0, 0.1) is 0 Å². The van der Waals surface area contributed by atoms with E-state index in [0.717, 1.165) is 13.1 Å². The number of nitrogen functional groups attached to an aromatic ring is 1. The molecule has 5 nitrogen and oxygen atoms in total. The number of rotatable bonds is 5. The molecule has 0 amide bonds. The van der Waals surface area contributed by atoms with Crippen molar-refractivity contribution >= 4 is 23.4 Å². The van der Waals surface area contributed by atoms with Crippen LogP contribution in [-0.4, -0.2) is 16.5 Å². The molecule has 3 N–H and O–H groups in total. The number of hydrazine groups is 1. The second-order valence-electron chi connectivity index (χ2n) is 4.01. The first-order valence-electron chi connectivity index (χ1n) is 6.02. The monoisotopic (exact) mass is 277 g/mol. The Kier molecular flexibility index (Phi) is 4.54. The Morgan fingerprint density at radius 3 is 2.68 bits per heavy atom. The molecule has 0 saturated carbocycles. The molecule has 1 aromatic carbocycles. The zero-order valence-corrected chi connectivity index (χ0v) is 11.4. The molecule has 100 valence electrons. The van der Waals surface area contributed by atoms with Crippen molar-refractivity contribution in [3.05, 3.63) is 47.1 Å². The Labute approximate surface area is 117 Å². The number of halogens is 1. The molecule has 19 heavy (non-hydrogen) atoms. The molecule has 0 radical (unpaired) electrons. The van der Waals surface area contributed by atoms with Gasteiger partial charge in [0.05, 0.1) is 6.20 Å². The van der Waals surface area contributed by atoms with E-state index >= 15 is 0 Å². The predicted molar refractivity (Wildman–Crippen MR) is 78.0 cm³/mol. The second-order valence-corrected chi connectivity index (χ2v) is 4.42. The first kappa shape index (κ1) is 13.6. The smallest absolute Gasteiger partial charge is 0.239 e. The summed E-state index contributed by atoms with van der Waals surface area (Å²) in [6.07, 6.45) is 1.55. The third-order valence-corrected chi connectivity index (χ3v) is 3.02. The molecular weight excluding hydrogens is 262 g/mol. The zero-order chi connectivity index (χ0) is 13.7. The zero-order valence-electron chi connectivity index (χ0n) is 10.7. The SMILES string of the molecule is CCN(Cc1ccccc1)c1nc(NN)ncc1Cl. The van der Waals surface area contributed by atoms with Crippen molar-refractivity contribution in [3.63, 3.8) is 0 Å². The third kappa shape index (κ3) is 3.33. The van der Waals surface area contributed by atoms with Gasteiger partial charge in [-0.05, 0) is 12.5 Å². The van der Waals surface area contributed by atoms with Crippen molar-refractivity contribution in [2.45, 2.75) is 13.5 Å². The van der Waals surface area contributed by atoms with E-state index in [1.165, 1.54) is 5.56 Å². The lowest BCUT2D eigenvalue weighted by atomic mass is 10.2. The van der Waals surface area contributed by atoms with E-state index in [0.29, 0.717) is 16.8 Å². The van der Waals surface area contributed by atoms with Gasteiger partial charge in [-0.3, -0.25) is 5.43 Å². The number of nitrogens with one attached hydrogen (secondary N) is 1. The van der Waals surface area contributed by atoms with Gasteiger partial charge in [-0.1, -0.05) is 41.9 Å². The van der Waals surface area contributed by atoms with Crippen LogP contribution < -0.4 is 16.2 Å². The molecule has 0 aliphatic carbocycles. The molecule has 0 bridgehead atoms. The number of nitrogens with two attached hydrogens (primary N) is 1. The summed E-state index contributed by atoms with van der Waals surface area (Å²) >= 11 is 6.16. The molecular formula is C13H16ClN5. The highest BCUT2D eigenvalue weighted by Crippen LogP contribution is 2.24. The van der Waals surface area contributed by atoms with Crippen LogP contribution in [0.5, 0.6) is 0 Å². The first-order valence-corrected chi connectivity index (χ1v) is 6.40. The summed E-state index contributed by atoms with van der Waals surface area (Å²) in [5.41, 5.74) is 3.63. The van der Waals surface area contributed by atoms with Crippen LogP contribution in [0.2, 0.25) is 5.02 Å². The lowest BCUT2D eigenvalue weighted by Crippen LogP contribution is -2.24. The summed E-state index contributed by atoms with van der Waals surface area (Å²) in [5.74, 6) is 6.36. The minimum absolute atomic E-state index is 0.353. The number of nitrogens with zero attached hydrogens (tertiary/aromatic N) is 3. The average Bonchev–Trinajstić information content (AvgIpc) is 2.47. The maximum Gasteiger partial charge on any atom is 0.239 e. The van der Waals surface area contributed by atoms with Crippen LogP contribution >= 0.6 is 11.6 Å². The van der Waals surface area contributed by atoms with Gasteiger partial charge in [0.1, 0.15) is 5.02 Å². The Balaban J connectivity index is 2.26. The van der Waals surface area contributed by atoms with Crippen molar-refractivity contribution in [3.8, 4) is 0 Å². The summed E-state index contributed by atoms with van der Waals surface area (Å²) in [5, 5.41) is 0.511. The molecule has 0 unspecified atom stereocenters. The number of hydrogen-bond acceptors (Lipinski definition) is 5. The number of aromatic nitrogens is 2. The van der Waals surface area contributed by atoms with Gasteiger partial charge < -0.3 is 4.90 Å². The van der Waals surface area contributed by atoms with E-state index in [1.54, 1.807) is 6.20 Å². The fourth-order valence-electron chi connectivity index (χ4n) is 1.79. The Morgan fingerprint density at radius 1 is 1.32 bits per heavy atom. The van der Waals surface area contributed by atoms with E-state index in [-0.39, 0.29) is 0 Å². The number of anilines is 2. The summed E-state index contributed by atoms with van der Waals surface area (Å²) in [6.45, 7) is 3.57. The molecule has 1 aromatic heterocycles. The predicted octanol–water partition coefficient (Wildman–Crippen LogP) is 2.44. The maximum atomic E-state index is 6.16. The van der Waals surface area contributed by atoms with Crippen LogP contribution in [0.25, 0.3) is 0 Å². The summed E-state index contributed by atoms with van der Waals surface area (Å²) in [6, 6.07) is 10.2. The van der Waals surface area contributed by atoms with E-state index in [4.69, 9.17) is 17.4 Å². The van der Waals surface area contributed by atoms with Gasteiger partial charge in [-0.2, -0.15) is 4.98 Å². The van der Waals surface area contributed by atoms with Gasteiger partial charge in [-0.15, -0.1) is 0 Å². The van der Waals surface area contributed by atoms with Gasteiger partial charge in [-0.25, -0.2) is 10.8 Å². The second kappa shape index (κ2) is 6.36. The largest absolute Gasteiger partial charge is 0.351 e. The van der Waals surface area contributed by atoms with Crippen LogP contribution in [0.15, 0.2) is 36.5 Å². The van der Waals surface area contributed by atoms with Gasteiger partial charge in [0.15, 0.2) is 5.82 Å². The highest BCUT2D eigenvalue weighted by atomic mass is 35.5.